The largest absolute Gasteiger partial charge is 0.478 e. The van der Waals surface area contributed by atoms with E-state index in [9.17, 15) is 27.5 Å². The van der Waals surface area contributed by atoms with E-state index in [0.29, 0.717) is 0 Å². The number of aromatic carboxylic acids is 1. The second-order valence-corrected chi connectivity index (χ2v) is 7.17. The summed E-state index contributed by atoms with van der Waals surface area (Å²) in [6.45, 7) is 1.76. The van der Waals surface area contributed by atoms with Crippen LogP contribution in [0.1, 0.15) is 15.9 Å². The number of carbonyl (C=O) groups is 1. The van der Waals surface area contributed by atoms with Crippen molar-refractivity contribution in [2.45, 2.75) is 19.1 Å². The molecule has 1 atom stereocenters. The zero-order chi connectivity index (χ0) is 23.8. The molecular formula is C21H16F4N6O2. The van der Waals surface area contributed by atoms with Gasteiger partial charge in [-0.25, -0.2) is 19.6 Å². The summed E-state index contributed by atoms with van der Waals surface area (Å²) in [7, 11) is 0. The van der Waals surface area contributed by atoms with Gasteiger partial charge in [-0.1, -0.05) is 6.07 Å². The number of rotatable bonds is 5. The Morgan fingerprint density at radius 2 is 2.00 bits per heavy atom. The van der Waals surface area contributed by atoms with Crippen LogP contribution in [0.2, 0.25) is 0 Å². The maximum Gasteiger partial charge on any atom is 0.409 e. The van der Waals surface area contributed by atoms with E-state index in [2.05, 4.69) is 25.7 Å². The SMILES string of the molecule is Cc1ccc(F)c(Nc2ncc(-c3cncc(C(=O)O)c3)c(N3C=CC(C(F)(F)F)N3)n2)c1. The number of hydrazine groups is 1. The van der Waals surface area contributed by atoms with E-state index >= 15 is 0 Å². The molecule has 0 aliphatic carbocycles. The number of nitrogens with zero attached hydrogens (tertiary/aromatic N) is 4. The quantitative estimate of drug-likeness (QED) is 0.487. The first kappa shape index (κ1) is 22.1. The van der Waals surface area contributed by atoms with Gasteiger partial charge in [-0.3, -0.25) is 9.99 Å². The Balaban J connectivity index is 1.77. The van der Waals surface area contributed by atoms with Gasteiger partial charge < -0.3 is 10.4 Å². The van der Waals surface area contributed by atoms with Gasteiger partial charge in [0.05, 0.1) is 11.3 Å². The van der Waals surface area contributed by atoms with Crippen LogP contribution < -0.4 is 15.8 Å². The fourth-order valence-electron chi connectivity index (χ4n) is 3.10. The van der Waals surface area contributed by atoms with Crippen molar-refractivity contribution < 1.29 is 27.5 Å². The molecule has 8 nitrogen and oxygen atoms in total. The molecule has 2 aromatic heterocycles. The highest BCUT2D eigenvalue weighted by atomic mass is 19.4. The van der Waals surface area contributed by atoms with E-state index in [-0.39, 0.29) is 34.1 Å². The molecule has 0 fully saturated rings. The molecule has 3 N–H and O–H groups in total. The Bertz CT molecular complexity index is 1250. The molecule has 12 heteroatoms. The van der Waals surface area contributed by atoms with E-state index < -0.39 is 24.0 Å². The molecule has 1 aromatic carbocycles. The zero-order valence-corrected chi connectivity index (χ0v) is 16.9. The van der Waals surface area contributed by atoms with Gasteiger partial charge in [0, 0.05) is 35.9 Å². The number of aromatic nitrogens is 3. The van der Waals surface area contributed by atoms with Crippen LogP contribution in [0.15, 0.2) is 55.1 Å². The average molecular weight is 460 g/mol. The van der Waals surface area contributed by atoms with Crippen molar-refractivity contribution in [2.75, 3.05) is 10.3 Å². The lowest BCUT2D eigenvalue weighted by Gasteiger charge is -2.23. The molecule has 170 valence electrons. The highest BCUT2D eigenvalue weighted by Gasteiger charge is 2.41. The van der Waals surface area contributed by atoms with E-state index in [1.807, 2.05) is 0 Å². The van der Waals surface area contributed by atoms with Crippen LogP contribution in [-0.4, -0.2) is 38.2 Å². The molecule has 0 saturated carbocycles. The number of carboxylic acid groups (broad SMARTS) is 1. The van der Waals surface area contributed by atoms with E-state index in [0.717, 1.165) is 29.0 Å². The number of carboxylic acids is 1. The Hall–Kier alpha value is -4.06. The third-order valence-electron chi connectivity index (χ3n) is 4.72. The Labute approximate surface area is 184 Å². The highest BCUT2D eigenvalue weighted by molar-refractivity contribution is 5.89. The van der Waals surface area contributed by atoms with Crippen LogP contribution >= 0.6 is 0 Å². The predicted octanol–water partition coefficient (Wildman–Crippen LogP) is 4.20. The number of benzene rings is 1. The lowest BCUT2D eigenvalue weighted by Crippen LogP contribution is -2.44. The van der Waals surface area contributed by atoms with Gasteiger partial charge in [0.15, 0.2) is 5.82 Å². The molecule has 1 aliphatic heterocycles. The number of halogens is 4. The number of alkyl halides is 3. The average Bonchev–Trinajstić information content (AvgIpc) is 3.27. The summed E-state index contributed by atoms with van der Waals surface area (Å²) in [6.07, 6.45) is 1.27. The lowest BCUT2D eigenvalue weighted by molar-refractivity contribution is -0.142. The van der Waals surface area contributed by atoms with Crippen molar-refractivity contribution in [1.29, 1.82) is 0 Å². The minimum atomic E-state index is -4.55. The van der Waals surface area contributed by atoms with Crippen molar-refractivity contribution in [1.82, 2.24) is 20.4 Å². The Kier molecular flexibility index (Phi) is 5.68. The molecule has 4 rings (SSSR count). The molecule has 3 aromatic rings. The predicted molar refractivity (Wildman–Crippen MR) is 111 cm³/mol. The zero-order valence-electron chi connectivity index (χ0n) is 16.9. The molecule has 1 unspecified atom stereocenters. The van der Waals surface area contributed by atoms with Crippen molar-refractivity contribution in [3.63, 3.8) is 0 Å². The van der Waals surface area contributed by atoms with E-state index in [4.69, 9.17) is 0 Å². The van der Waals surface area contributed by atoms with Crippen molar-refractivity contribution in [3.05, 3.63) is 72.1 Å². The summed E-state index contributed by atoms with van der Waals surface area (Å²) in [5.74, 6) is -1.89. The van der Waals surface area contributed by atoms with Crippen molar-refractivity contribution in [3.8, 4) is 11.1 Å². The summed E-state index contributed by atoms with van der Waals surface area (Å²) in [5, 5.41) is 13.0. The highest BCUT2D eigenvalue weighted by Crippen LogP contribution is 2.33. The summed E-state index contributed by atoms with van der Waals surface area (Å²) in [6, 6.07) is 3.71. The number of hydrogen-bond acceptors (Lipinski definition) is 7. The van der Waals surface area contributed by atoms with Crippen LogP contribution in [0.3, 0.4) is 0 Å². The summed E-state index contributed by atoms with van der Waals surface area (Å²) >= 11 is 0. The number of hydrogen-bond donors (Lipinski definition) is 3. The molecule has 33 heavy (non-hydrogen) atoms. The van der Waals surface area contributed by atoms with Gasteiger partial charge >= 0.3 is 12.1 Å². The molecule has 0 spiro atoms. The van der Waals surface area contributed by atoms with Gasteiger partial charge in [-0.05, 0) is 36.8 Å². The molecule has 3 heterocycles. The summed E-state index contributed by atoms with van der Waals surface area (Å²) < 4.78 is 53.6. The monoisotopic (exact) mass is 460 g/mol. The first-order valence-corrected chi connectivity index (χ1v) is 9.51. The molecule has 1 aliphatic rings. The van der Waals surface area contributed by atoms with Crippen molar-refractivity contribution in [2.24, 2.45) is 0 Å². The normalized spacial score (nSPS) is 15.7. The second kappa shape index (κ2) is 8.47. The van der Waals surface area contributed by atoms with Gasteiger partial charge in [0.25, 0.3) is 0 Å². The maximum atomic E-state index is 14.2. The second-order valence-electron chi connectivity index (χ2n) is 7.17. The minimum Gasteiger partial charge on any atom is -0.478 e. The standard InChI is InChI=1S/C21H16F4N6O2/c1-11-2-3-15(22)16(6-11)28-20-27-10-14(12-7-13(19(32)33)9-26-8-12)18(29-20)31-5-4-17(30-31)21(23,24)25/h2-10,17,30H,1H3,(H,32,33)(H,27,28,29). The van der Waals surface area contributed by atoms with Gasteiger partial charge in [0.1, 0.15) is 11.9 Å². The molecule has 0 amide bonds. The Morgan fingerprint density at radius 1 is 1.21 bits per heavy atom. The molecule has 0 bridgehead atoms. The third-order valence-corrected chi connectivity index (χ3v) is 4.72. The topological polar surface area (TPSA) is 103 Å². The fourth-order valence-corrected chi connectivity index (χ4v) is 3.10. The third kappa shape index (κ3) is 4.75. The van der Waals surface area contributed by atoms with Gasteiger partial charge in [-0.2, -0.15) is 18.2 Å². The Morgan fingerprint density at radius 3 is 2.70 bits per heavy atom. The molecular weight excluding hydrogens is 444 g/mol. The minimum absolute atomic E-state index is 0.0205. The van der Waals surface area contributed by atoms with Crippen LogP contribution in [0, 0.1) is 12.7 Å². The lowest BCUT2D eigenvalue weighted by atomic mass is 10.1. The van der Waals surface area contributed by atoms with E-state index in [1.165, 1.54) is 30.6 Å². The first-order chi connectivity index (χ1) is 15.6. The molecule has 0 radical (unpaired) electrons. The number of pyridine rings is 1. The smallest absolute Gasteiger partial charge is 0.409 e. The molecule has 0 saturated heterocycles. The van der Waals surface area contributed by atoms with Crippen LogP contribution in [0.25, 0.3) is 11.1 Å². The van der Waals surface area contributed by atoms with Gasteiger partial charge in [-0.15, -0.1) is 0 Å². The number of anilines is 3. The van der Waals surface area contributed by atoms with Crippen LogP contribution in [0.4, 0.5) is 35.0 Å². The van der Waals surface area contributed by atoms with Crippen molar-refractivity contribution >= 4 is 23.4 Å². The summed E-state index contributed by atoms with van der Waals surface area (Å²) in [4.78, 5) is 23.6. The maximum absolute atomic E-state index is 14.2. The van der Waals surface area contributed by atoms with E-state index in [1.54, 1.807) is 13.0 Å². The fraction of sp³-hybridized carbons (Fsp3) is 0.143. The number of aryl methyl sites for hydroxylation is 1. The number of nitrogens with one attached hydrogen (secondary N) is 2. The first-order valence-electron chi connectivity index (χ1n) is 9.51. The summed E-state index contributed by atoms with van der Waals surface area (Å²) in [5.41, 5.74) is 3.48. The van der Waals surface area contributed by atoms with Gasteiger partial charge in [0.2, 0.25) is 5.95 Å². The van der Waals surface area contributed by atoms with Crippen LogP contribution in [-0.2, 0) is 0 Å². The van der Waals surface area contributed by atoms with Crippen LogP contribution in [0.5, 0.6) is 0 Å².